The summed E-state index contributed by atoms with van der Waals surface area (Å²) < 4.78 is 16.9. The quantitative estimate of drug-likeness (QED) is 0.0261. The Morgan fingerprint density at radius 2 is 0.434 bits per heavy atom. The minimum absolute atomic E-state index is 0.103. The van der Waals surface area contributed by atoms with Gasteiger partial charge < -0.3 is 14.2 Å². The number of carbonyl (C=O) groups excluding carboxylic acids is 3. The molecule has 0 rings (SSSR count). The molecule has 83 heavy (non-hydrogen) atoms. The lowest BCUT2D eigenvalue weighted by Gasteiger charge is -2.18. The summed E-state index contributed by atoms with van der Waals surface area (Å²) in [6, 6.07) is 0. The second-order valence-corrected chi connectivity index (χ2v) is 21.6. The maximum absolute atomic E-state index is 13.0. The number of unbranched alkanes of at least 4 members (excludes halogenated alkanes) is 20. The summed E-state index contributed by atoms with van der Waals surface area (Å²) in [6.45, 7) is 6.27. The highest BCUT2D eigenvalue weighted by molar-refractivity contribution is 5.71. The number of esters is 3. The van der Waals surface area contributed by atoms with Crippen LogP contribution in [0.1, 0.15) is 278 Å². The van der Waals surface area contributed by atoms with Gasteiger partial charge in [0, 0.05) is 19.3 Å². The van der Waals surface area contributed by atoms with Gasteiger partial charge in [0.2, 0.25) is 0 Å². The van der Waals surface area contributed by atoms with Crippen LogP contribution in [0.25, 0.3) is 0 Å². The van der Waals surface area contributed by atoms with Crippen LogP contribution in [0, 0.1) is 0 Å². The van der Waals surface area contributed by atoms with E-state index in [-0.39, 0.29) is 31.1 Å². The van der Waals surface area contributed by atoms with Crippen LogP contribution in [0.3, 0.4) is 0 Å². The highest BCUT2D eigenvalue weighted by Crippen LogP contribution is 2.15. The Morgan fingerprint density at radius 3 is 0.675 bits per heavy atom. The molecule has 0 aliphatic carbocycles. The molecule has 466 valence electrons. The van der Waals surface area contributed by atoms with Crippen LogP contribution in [0.15, 0.2) is 170 Å². The zero-order valence-corrected chi connectivity index (χ0v) is 53.4. The first-order valence-corrected chi connectivity index (χ1v) is 33.6. The Bertz CT molecular complexity index is 1890. The largest absolute Gasteiger partial charge is 0.462 e. The van der Waals surface area contributed by atoms with Gasteiger partial charge in [-0.05, 0) is 148 Å². The van der Waals surface area contributed by atoms with Crippen LogP contribution in [-0.2, 0) is 28.6 Å². The number of hydrogen-bond donors (Lipinski definition) is 0. The van der Waals surface area contributed by atoms with E-state index in [0.29, 0.717) is 19.3 Å². The van der Waals surface area contributed by atoms with Crippen molar-refractivity contribution in [2.75, 3.05) is 13.2 Å². The van der Waals surface area contributed by atoms with Crippen LogP contribution in [0.2, 0.25) is 0 Å². The molecule has 0 aliphatic heterocycles. The van der Waals surface area contributed by atoms with E-state index >= 15 is 0 Å². The van der Waals surface area contributed by atoms with Gasteiger partial charge in [-0.1, -0.05) is 281 Å². The van der Waals surface area contributed by atoms with Crippen LogP contribution in [0.4, 0.5) is 0 Å². The van der Waals surface area contributed by atoms with Crippen molar-refractivity contribution in [3.8, 4) is 0 Å². The third-order valence-electron chi connectivity index (χ3n) is 13.7. The predicted molar refractivity (Wildman–Crippen MR) is 361 cm³/mol. The molecule has 1 unspecified atom stereocenters. The Labute approximate surface area is 511 Å². The van der Waals surface area contributed by atoms with Gasteiger partial charge in [0.05, 0.1) is 0 Å². The van der Waals surface area contributed by atoms with Crippen molar-refractivity contribution >= 4 is 17.9 Å². The maximum Gasteiger partial charge on any atom is 0.306 e. The third-order valence-corrected chi connectivity index (χ3v) is 13.7. The summed E-state index contributed by atoms with van der Waals surface area (Å²) in [5, 5.41) is 0. The molecule has 0 bridgehead atoms. The predicted octanol–water partition coefficient (Wildman–Crippen LogP) is 23.4. The average Bonchev–Trinajstić information content (AvgIpc) is 3.49. The SMILES string of the molecule is CC/C=C\C/C=C\C/C=C\C/C=C\C/C=C\C/C=C\CCCCCCCCC(=O)OCC(COC(=O)CCCCCC/C=C\C/C=C\C/C=C\C/C=C\CC)OC(=O)CCCCCCCCCCCC/C=C\C/C=C\C/C=C\C/C=C\CC. The van der Waals surface area contributed by atoms with Crippen molar-refractivity contribution in [2.24, 2.45) is 0 Å². The van der Waals surface area contributed by atoms with E-state index in [2.05, 4.69) is 191 Å². The molecule has 0 N–H and O–H groups in total. The summed E-state index contributed by atoms with van der Waals surface area (Å²) in [7, 11) is 0. The average molecular weight is 1140 g/mol. The minimum Gasteiger partial charge on any atom is -0.462 e. The molecule has 0 saturated heterocycles. The van der Waals surface area contributed by atoms with Gasteiger partial charge in [-0.25, -0.2) is 0 Å². The maximum atomic E-state index is 13.0. The molecule has 0 fully saturated rings. The number of hydrogen-bond acceptors (Lipinski definition) is 6. The number of ether oxygens (including phenoxy) is 3. The molecule has 0 aromatic heterocycles. The van der Waals surface area contributed by atoms with Crippen molar-refractivity contribution in [1.29, 1.82) is 0 Å². The molecule has 0 radical (unpaired) electrons. The lowest BCUT2D eigenvalue weighted by molar-refractivity contribution is -0.167. The fourth-order valence-corrected chi connectivity index (χ4v) is 8.78. The Kier molecular flexibility index (Phi) is 64.9. The normalized spacial score (nSPS) is 13.2. The Hall–Kier alpha value is -5.23. The van der Waals surface area contributed by atoms with Crippen molar-refractivity contribution in [3.05, 3.63) is 170 Å². The van der Waals surface area contributed by atoms with Gasteiger partial charge in [0.15, 0.2) is 6.10 Å². The van der Waals surface area contributed by atoms with Gasteiger partial charge >= 0.3 is 17.9 Å². The Morgan fingerprint density at radius 1 is 0.241 bits per heavy atom. The smallest absolute Gasteiger partial charge is 0.306 e. The van der Waals surface area contributed by atoms with Crippen LogP contribution in [-0.4, -0.2) is 37.2 Å². The van der Waals surface area contributed by atoms with E-state index < -0.39 is 6.10 Å². The summed E-state index contributed by atoms with van der Waals surface area (Å²) in [5.74, 6) is -0.945. The molecular weight excluding hydrogens is 1020 g/mol. The van der Waals surface area contributed by atoms with Crippen molar-refractivity contribution in [2.45, 2.75) is 284 Å². The third kappa shape index (κ3) is 67.4. The number of carbonyl (C=O) groups is 3. The van der Waals surface area contributed by atoms with Gasteiger partial charge in [-0.15, -0.1) is 0 Å². The first kappa shape index (κ1) is 77.8. The lowest BCUT2D eigenvalue weighted by atomic mass is 10.0. The first-order chi connectivity index (χ1) is 41.0. The molecule has 0 aliphatic rings. The Balaban J connectivity index is 4.48. The molecule has 0 aromatic carbocycles. The van der Waals surface area contributed by atoms with Crippen molar-refractivity contribution in [1.82, 2.24) is 0 Å². The van der Waals surface area contributed by atoms with Crippen LogP contribution in [0.5, 0.6) is 0 Å². The standard InChI is InChI=1S/C77H122O6/c1-4-7-10-13-16-19-22-25-28-31-33-35-37-38-40-41-43-46-49-52-55-58-61-64-67-70-76(79)82-73-74(72-81-75(78)69-66-63-60-57-54-51-48-45-30-27-24-21-18-15-12-9-6-3)83-77(80)71-68-65-62-59-56-53-50-47-44-42-39-36-34-32-29-26-23-20-17-14-11-8-5-2/h7-12,16-21,25-30,33-36,38,40,43,46,48,51,74H,4-6,13-15,22-24,31-32,37,39,41-42,44-45,47,49-50,52-73H2,1-3H3/b10-7-,11-8-,12-9-,19-16-,20-17-,21-18-,28-25-,29-26-,30-27-,35-33-,36-34-,40-38-,46-43-,51-48-. The molecule has 6 nitrogen and oxygen atoms in total. The van der Waals surface area contributed by atoms with E-state index in [1.165, 1.54) is 64.2 Å². The second-order valence-electron chi connectivity index (χ2n) is 21.6. The summed E-state index contributed by atoms with van der Waals surface area (Å²) >= 11 is 0. The van der Waals surface area contributed by atoms with Crippen LogP contribution < -0.4 is 0 Å². The summed E-state index contributed by atoms with van der Waals surface area (Å²) in [6.07, 6.45) is 102. The van der Waals surface area contributed by atoms with E-state index in [1.807, 2.05) is 0 Å². The molecule has 0 aromatic rings. The molecule has 6 heteroatoms. The molecule has 0 spiro atoms. The highest BCUT2D eigenvalue weighted by Gasteiger charge is 2.19. The monoisotopic (exact) mass is 1140 g/mol. The van der Waals surface area contributed by atoms with Gasteiger partial charge in [0.25, 0.3) is 0 Å². The lowest BCUT2D eigenvalue weighted by Crippen LogP contribution is -2.30. The number of allylic oxidation sites excluding steroid dienone is 28. The highest BCUT2D eigenvalue weighted by atomic mass is 16.6. The van der Waals surface area contributed by atoms with E-state index in [0.717, 1.165) is 173 Å². The minimum atomic E-state index is -0.809. The second kappa shape index (κ2) is 69.3. The fourth-order valence-electron chi connectivity index (χ4n) is 8.78. The zero-order valence-electron chi connectivity index (χ0n) is 53.4. The molecule has 0 heterocycles. The summed E-state index contributed by atoms with van der Waals surface area (Å²) in [5.41, 5.74) is 0. The van der Waals surface area contributed by atoms with Gasteiger partial charge in [0.1, 0.15) is 13.2 Å². The summed E-state index contributed by atoms with van der Waals surface area (Å²) in [4.78, 5) is 38.5. The topological polar surface area (TPSA) is 78.9 Å². The molecule has 0 amide bonds. The zero-order chi connectivity index (χ0) is 59.9. The first-order valence-electron chi connectivity index (χ1n) is 33.6. The molecule has 1 atom stereocenters. The molecule has 0 saturated carbocycles. The van der Waals surface area contributed by atoms with Crippen LogP contribution >= 0.6 is 0 Å². The van der Waals surface area contributed by atoms with Crippen molar-refractivity contribution < 1.29 is 28.6 Å². The van der Waals surface area contributed by atoms with E-state index in [4.69, 9.17) is 14.2 Å². The van der Waals surface area contributed by atoms with Gasteiger partial charge in [-0.2, -0.15) is 0 Å². The van der Waals surface area contributed by atoms with Crippen molar-refractivity contribution in [3.63, 3.8) is 0 Å². The molecular formula is C77H122O6. The van der Waals surface area contributed by atoms with E-state index in [1.54, 1.807) is 0 Å². The number of rotatable bonds is 59. The fraction of sp³-hybridized carbons (Fsp3) is 0.597. The van der Waals surface area contributed by atoms with Gasteiger partial charge in [-0.3, -0.25) is 14.4 Å². The van der Waals surface area contributed by atoms with E-state index in [9.17, 15) is 14.4 Å².